The molecule has 9 heteroatoms. The Labute approximate surface area is 148 Å². The number of aliphatic carboxylic acids is 1. The van der Waals surface area contributed by atoms with Gasteiger partial charge in [0.25, 0.3) is 0 Å². The summed E-state index contributed by atoms with van der Waals surface area (Å²) in [6.45, 7) is 4.33. The van der Waals surface area contributed by atoms with E-state index in [0.717, 1.165) is 4.90 Å². The van der Waals surface area contributed by atoms with Crippen molar-refractivity contribution in [3.05, 3.63) is 10.4 Å². The summed E-state index contributed by atoms with van der Waals surface area (Å²) >= 11 is 0. The van der Waals surface area contributed by atoms with Crippen LogP contribution in [0.3, 0.4) is 0 Å². The maximum atomic E-state index is 11.6. The molecular weight excluding hydrogens is 267 g/mol. The van der Waals surface area contributed by atoms with Crippen molar-refractivity contribution in [3.63, 3.8) is 0 Å². The number of nitrogens with zero attached hydrogens (tertiary/aromatic N) is 4. The maximum absolute atomic E-state index is 11.6. The Balaban J connectivity index is 0. The standard InChI is InChI=1S/C9H16N4O4.K/c1-9(2,3)17-8(16)13(6-7(14)15)5-4-11-12-10;/h4-6H2,1-3H3,(H,14,15);/q;+1/p-1. The van der Waals surface area contributed by atoms with Crippen LogP contribution in [0.25, 0.3) is 10.4 Å². The van der Waals surface area contributed by atoms with Gasteiger partial charge in [0.2, 0.25) is 0 Å². The molecule has 0 aromatic heterocycles. The molecule has 0 fully saturated rings. The average molecular weight is 282 g/mol. The van der Waals surface area contributed by atoms with Crippen LogP contribution in [-0.4, -0.2) is 42.2 Å². The van der Waals surface area contributed by atoms with Crippen LogP contribution in [0, 0.1) is 0 Å². The Bertz CT molecular complexity index is 336. The van der Waals surface area contributed by atoms with Crippen molar-refractivity contribution in [3.8, 4) is 0 Å². The van der Waals surface area contributed by atoms with Crippen LogP contribution in [0.1, 0.15) is 20.8 Å². The van der Waals surface area contributed by atoms with Crippen molar-refractivity contribution in [2.45, 2.75) is 26.4 Å². The third-order valence-electron chi connectivity index (χ3n) is 1.50. The Hall–Kier alpha value is -0.314. The van der Waals surface area contributed by atoms with E-state index in [-0.39, 0.29) is 64.5 Å². The van der Waals surface area contributed by atoms with E-state index in [4.69, 9.17) is 10.3 Å². The summed E-state index contributed by atoms with van der Waals surface area (Å²) in [6.07, 6.45) is -0.783. The Morgan fingerprint density at radius 2 is 2.00 bits per heavy atom. The Kier molecular flexibility index (Phi) is 10.7. The molecule has 0 aromatic carbocycles. The van der Waals surface area contributed by atoms with Crippen LogP contribution in [-0.2, 0) is 9.53 Å². The van der Waals surface area contributed by atoms with Gasteiger partial charge in [-0.3, -0.25) is 0 Å². The number of hydrogen-bond donors (Lipinski definition) is 0. The molecule has 0 aromatic rings. The van der Waals surface area contributed by atoms with Crippen LogP contribution in [0.5, 0.6) is 0 Å². The second-order valence-corrected chi connectivity index (χ2v) is 4.23. The van der Waals surface area contributed by atoms with E-state index in [2.05, 4.69) is 10.0 Å². The Morgan fingerprint density at radius 1 is 1.44 bits per heavy atom. The molecule has 0 unspecified atom stereocenters. The second-order valence-electron chi connectivity index (χ2n) is 4.23. The zero-order valence-corrected chi connectivity index (χ0v) is 14.2. The zero-order valence-electron chi connectivity index (χ0n) is 11.0. The maximum Gasteiger partial charge on any atom is 1.00 e. The predicted octanol–water partition coefficient (Wildman–Crippen LogP) is -2.71. The van der Waals surface area contributed by atoms with Gasteiger partial charge in [0.1, 0.15) is 5.60 Å². The van der Waals surface area contributed by atoms with Crippen LogP contribution in [0.2, 0.25) is 0 Å². The molecule has 0 aliphatic carbocycles. The van der Waals surface area contributed by atoms with Gasteiger partial charge in [-0.2, -0.15) is 0 Å². The molecule has 0 spiro atoms. The molecular formula is C9H15KN4O4. The van der Waals surface area contributed by atoms with Gasteiger partial charge in [-0.05, 0) is 26.3 Å². The third kappa shape index (κ3) is 10.8. The van der Waals surface area contributed by atoms with Crippen molar-refractivity contribution >= 4 is 12.1 Å². The normalized spacial score (nSPS) is 9.72. The molecule has 0 N–H and O–H groups in total. The van der Waals surface area contributed by atoms with Gasteiger partial charge < -0.3 is 19.5 Å². The van der Waals surface area contributed by atoms with E-state index >= 15 is 0 Å². The van der Waals surface area contributed by atoms with Crippen molar-refractivity contribution in [1.29, 1.82) is 0 Å². The minimum Gasteiger partial charge on any atom is -0.548 e. The van der Waals surface area contributed by atoms with E-state index in [1.807, 2.05) is 0 Å². The van der Waals surface area contributed by atoms with Gasteiger partial charge in [0.05, 0.1) is 12.5 Å². The molecule has 0 heterocycles. The fourth-order valence-electron chi connectivity index (χ4n) is 0.927. The largest absolute Gasteiger partial charge is 1.00 e. The van der Waals surface area contributed by atoms with Gasteiger partial charge in [-0.25, -0.2) is 4.79 Å². The van der Waals surface area contributed by atoms with Crippen molar-refractivity contribution < 1.29 is 70.8 Å². The molecule has 0 atom stereocenters. The summed E-state index contributed by atoms with van der Waals surface area (Å²) in [5.74, 6) is -1.41. The first kappa shape index (κ1) is 20.0. The Morgan fingerprint density at radius 3 is 2.39 bits per heavy atom. The van der Waals surface area contributed by atoms with Gasteiger partial charge >= 0.3 is 57.5 Å². The van der Waals surface area contributed by atoms with E-state index in [1.165, 1.54) is 0 Å². The number of azide groups is 1. The number of rotatable bonds is 5. The van der Waals surface area contributed by atoms with E-state index in [1.54, 1.807) is 20.8 Å². The SMILES string of the molecule is CC(C)(C)OC(=O)N(CCN=[N+]=[N-])CC(=O)[O-].[K+]. The predicted molar refractivity (Wildman–Crippen MR) is 56.8 cm³/mol. The van der Waals surface area contributed by atoms with Crippen molar-refractivity contribution in [1.82, 2.24) is 4.90 Å². The molecule has 18 heavy (non-hydrogen) atoms. The second kappa shape index (κ2) is 9.59. The summed E-state index contributed by atoms with van der Waals surface area (Å²) in [4.78, 5) is 25.4. The monoisotopic (exact) mass is 282 g/mol. The summed E-state index contributed by atoms with van der Waals surface area (Å²) < 4.78 is 4.99. The first-order chi connectivity index (χ1) is 7.76. The fourth-order valence-corrected chi connectivity index (χ4v) is 0.927. The number of carbonyl (C=O) groups excluding carboxylic acids is 2. The van der Waals surface area contributed by atoms with Crippen molar-refractivity contribution in [2.24, 2.45) is 5.11 Å². The van der Waals surface area contributed by atoms with Gasteiger partial charge in [-0.15, -0.1) is 0 Å². The molecule has 0 bridgehead atoms. The molecule has 1 amide bonds. The first-order valence-electron chi connectivity index (χ1n) is 4.95. The van der Waals surface area contributed by atoms with Crippen LogP contribution < -0.4 is 56.5 Å². The summed E-state index contributed by atoms with van der Waals surface area (Å²) in [7, 11) is 0. The number of amides is 1. The number of hydrogen-bond acceptors (Lipinski definition) is 5. The van der Waals surface area contributed by atoms with E-state index in [9.17, 15) is 14.7 Å². The summed E-state index contributed by atoms with van der Waals surface area (Å²) in [6, 6.07) is 0. The van der Waals surface area contributed by atoms with Gasteiger partial charge in [0.15, 0.2) is 0 Å². The quantitative estimate of drug-likeness (QED) is 0.236. The minimum atomic E-state index is -1.41. The molecule has 8 nitrogen and oxygen atoms in total. The van der Waals surface area contributed by atoms with Crippen LogP contribution >= 0.6 is 0 Å². The number of ether oxygens (including phenoxy) is 1. The number of carboxylic acids is 1. The van der Waals surface area contributed by atoms with Gasteiger partial charge in [-0.1, -0.05) is 5.11 Å². The number of carbonyl (C=O) groups is 2. The van der Waals surface area contributed by atoms with E-state index in [0.29, 0.717) is 0 Å². The molecule has 0 saturated carbocycles. The van der Waals surface area contributed by atoms with Crippen LogP contribution in [0.4, 0.5) is 4.79 Å². The number of carboxylic acid groups (broad SMARTS) is 1. The molecule has 0 saturated heterocycles. The fraction of sp³-hybridized carbons (Fsp3) is 0.778. The molecule has 0 radical (unpaired) electrons. The average Bonchev–Trinajstić information content (AvgIpc) is 2.13. The molecule has 0 aliphatic heterocycles. The smallest absolute Gasteiger partial charge is 0.548 e. The minimum absolute atomic E-state index is 0. The molecule has 0 rings (SSSR count). The van der Waals surface area contributed by atoms with Gasteiger partial charge in [0, 0.05) is 18.0 Å². The van der Waals surface area contributed by atoms with E-state index < -0.39 is 24.2 Å². The summed E-state index contributed by atoms with van der Waals surface area (Å²) in [5, 5.41) is 13.7. The molecule has 96 valence electrons. The molecule has 0 aliphatic rings. The third-order valence-corrected chi connectivity index (χ3v) is 1.50. The first-order valence-corrected chi connectivity index (χ1v) is 4.95. The zero-order chi connectivity index (χ0) is 13.5. The van der Waals surface area contributed by atoms with Crippen LogP contribution in [0.15, 0.2) is 5.11 Å². The topological polar surface area (TPSA) is 118 Å². The van der Waals surface area contributed by atoms with Crippen molar-refractivity contribution in [2.75, 3.05) is 19.6 Å². The summed E-state index contributed by atoms with van der Waals surface area (Å²) in [5.41, 5.74) is 7.36.